The monoisotopic (exact) mass is 307 g/mol. The van der Waals surface area contributed by atoms with E-state index in [0.29, 0.717) is 18.2 Å². The molecule has 0 amide bonds. The molecule has 0 aliphatic rings. The van der Waals surface area contributed by atoms with Crippen molar-refractivity contribution in [2.24, 2.45) is 0 Å². The van der Waals surface area contributed by atoms with Gasteiger partial charge in [-0.25, -0.2) is 4.79 Å². The first-order valence-corrected chi connectivity index (χ1v) is 7.42. The Balaban J connectivity index is 2.72. The van der Waals surface area contributed by atoms with Gasteiger partial charge in [-0.05, 0) is 17.9 Å². The molecule has 1 heterocycles. The Morgan fingerprint density at radius 1 is 1.52 bits per heavy atom. The van der Waals surface area contributed by atoms with Crippen LogP contribution < -0.4 is 5.32 Å². The molecule has 0 saturated carbocycles. The molecule has 0 bridgehead atoms. The van der Waals surface area contributed by atoms with Gasteiger partial charge in [0, 0.05) is 26.0 Å². The van der Waals surface area contributed by atoms with Crippen molar-refractivity contribution in [3.8, 4) is 6.07 Å². The first-order valence-electron chi connectivity index (χ1n) is 6.20. The quantitative estimate of drug-likeness (QED) is 0.337. The van der Waals surface area contributed by atoms with E-state index < -0.39 is 5.97 Å². The highest BCUT2D eigenvalue weighted by molar-refractivity contribution is 8.02. The van der Waals surface area contributed by atoms with Gasteiger partial charge < -0.3 is 14.8 Å². The van der Waals surface area contributed by atoms with E-state index in [1.54, 1.807) is 18.6 Å². The lowest BCUT2D eigenvalue weighted by Gasteiger charge is -2.11. The van der Waals surface area contributed by atoms with E-state index >= 15 is 0 Å². The van der Waals surface area contributed by atoms with E-state index in [0.717, 1.165) is 5.56 Å². The van der Waals surface area contributed by atoms with Crippen LogP contribution in [0.5, 0.6) is 0 Å². The fourth-order valence-corrected chi connectivity index (χ4v) is 1.98. The van der Waals surface area contributed by atoms with Crippen LogP contribution in [-0.4, -0.2) is 37.5 Å². The molecule has 0 atom stereocenters. The van der Waals surface area contributed by atoms with Crippen LogP contribution in [0, 0.1) is 11.3 Å². The summed E-state index contributed by atoms with van der Waals surface area (Å²) in [6.07, 6.45) is 5.18. The van der Waals surface area contributed by atoms with Crippen molar-refractivity contribution in [2.75, 3.05) is 26.6 Å². The van der Waals surface area contributed by atoms with E-state index in [9.17, 15) is 4.79 Å². The van der Waals surface area contributed by atoms with Crippen molar-refractivity contribution in [1.82, 2.24) is 10.3 Å². The summed E-state index contributed by atoms with van der Waals surface area (Å²) in [6.45, 7) is 0.882. The Kier molecular flexibility index (Phi) is 7.94. The van der Waals surface area contributed by atoms with Gasteiger partial charge in [0.25, 0.3) is 0 Å². The highest BCUT2D eigenvalue weighted by Crippen LogP contribution is 2.15. The average molecular weight is 307 g/mol. The second-order valence-electron chi connectivity index (χ2n) is 3.86. The molecule has 0 aliphatic heterocycles. The third-order valence-electron chi connectivity index (χ3n) is 2.44. The van der Waals surface area contributed by atoms with Gasteiger partial charge in [0.2, 0.25) is 0 Å². The van der Waals surface area contributed by atoms with Crippen LogP contribution in [0.15, 0.2) is 35.1 Å². The molecule has 0 radical (unpaired) electrons. The molecule has 1 rings (SSSR count). The predicted octanol–water partition coefficient (Wildman–Crippen LogP) is 1.46. The number of rotatable bonds is 8. The van der Waals surface area contributed by atoms with E-state index in [1.807, 2.05) is 18.2 Å². The third-order valence-corrected chi connectivity index (χ3v) is 3.20. The number of carbonyl (C=O) groups excluding carboxylic acids is 1. The summed E-state index contributed by atoms with van der Waals surface area (Å²) in [6, 6.07) is 5.61. The predicted molar refractivity (Wildman–Crippen MR) is 80.1 cm³/mol. The number of hydrogen-bond donors (Lipinski definition) is 1. The number of thioether (sulfide) groups is 1. The number of nitrogens with zero attached hydrogens (tertiary/aromatic N) is 2. The second kappa shape index (κ2) is 9.80. The summed E-state index contributed by atoms with van der Waals surface area (Å²) < 4.78 is 9.75. The lowest BCUT2D eigenvalue weighted by atomic mass is 10.3. The van der Waals surface area contributed by atoms with Crippen LogP contribution in [0.1, 0.15) is 5.56 Å². The summed E-state index contributed by atoms with van der Waals surface area (Å²) in [7, 11) is 1.51. The van der Waals surface area contributed by atoms with Gasteiger partial charge in [0.05, 0.1) is 11.6 Å². The number of pyridine rings is 1. The molecule has 21 heavy (non-hydrogen) atoms. The minimum absolute atomic E-state index is 0.0394. The number of esters is 1. The molecule has 0 unspecified atom stereocenters. The number of nitrogens with one attached hydrogen (secondary N) is 1. The molecule has 0 aliphatic carbocycles. The number of methoxy groups -OCH3 is 1. The minimum atomic E-state index is -0.655. The standard InChI is InChI=1S/C14H17N3O3S/c1-19-6-7-20-14(18)12(8-15)13(21-2)17-10-11-4-3-5-16-9-11/h3-5,9,17H,6-7,10H2,1-2H3/b13-12+. The Bertz CT molecular complexity index is 526. The molecule has 0 aromatic carbocycles. The van der Waals surface area contributed by atoms with Crippen molar-refractivity contribution < 1.29 is 14.3 Å². The second-order valence-corrected chi connectivity index (χ2v) is 4.68. The van der Waals surface area contributed by atoms with Crippen LogP contribution in [0.25, 0.3) is 0 Å². The van der Waals surface area contributed by atoms with Gasteiger partial charge in [-0.1, -0.05) is 6.07 Å². The summed E-state index contributed by atoms with van der Waals surface area (Å²) in [5.74, 6) is -0.655. The van der Waals surface area contributed by atoms with Crippen molar-refractivity contribution in [1.29, 1.82) is 5.26 Å². The fraction of sp³-hybridized carbons (Fsp3) is 0.357. The number of ether oxygens (including phenoxy) is 2. The Hall–Kier alpha value is -2.04. The largest absolute Gasteiger partial charge is 0.459 e. The summed E-state index contributed by atoms with van der Waals surface area (Å²) >= 11 is 1.28. The van der Waals surface area contributed by atoms with Crippen molar-refractivity contribution in [3.63, 3.8) is 0 Å². The van der Waals surface area contributed by atoms with E-state index in [4.69, 9.17) is 14.7 Å². The first-order chi connectivity index (χ1) is 10.2. The number of nitriles is 1. The molecule has 1 aromatic rings. The topological polar surface area (TPSA) is 84.2 Å². The molecular formula is C14H17N3O3S. The Morgan fingerprint density at radius 2 is 2.33 bits per heavy atom. The molecule has 0 fully saturated rings. The van der Waals surface area contributed by atoms with Crippen LogP contribution in [0.4, 0.5) is 0 Å². The summed E-state index contributed by atoms with van der Waals surface area (Å²) in [4.78, 5) is 15.8. The maximum Gasteiger partial charge on any atom is 0.351 e. The molecule has 1 N–H and O–H groups in total. The maximum atomic E-state index is 11.8. The molecule has 6 nitrogen and oxygen atoms in total. The number of carbonyl (C=O) groups is 1. The Morgan fingerprint density at radius 3 is 2.90 bits per heavy atom. The lowest BCUT2D eigenvalue weighted by Crippen LogP contribution is -2.18. The van der Waals surface area contributed by atoms with Crippen molar-refractivity contribution in [3.05, 3.63) is 40.7 Å². The highest BCUT2D eigenvalue weighted by atomic mass is 32.2. The zero-order valence-electron chi connectivity index (χ0n) is 12.0. The Labute approximate surface area is 128 Å². The third kappa shape index (κ3) is 5.85. The lowest BCUT2D eigenvalue weighted by molar-refractivity contribution is -0.139. The molecule has 1 aromatic heterocycles. The maximum absolute atomic E-state index is 11.8. The van der Waals surface area contributed by atoms with Crippen LogP contribution in [0.3, 0.4) is 0 Å². The highest BCUT2D eigenvalue weighted by Gasteiger charge is 2.16. The zero-order chi connectivity index (χ0) is 15.5. The van der Waals surface area contributed by atoms with Crippen LogP contribution >= 0.6 is 11.8 Å². The van der Waals surface area contributed by atoms with Gasteiger partial charge >= 0.3 is 5.97 Å². The van der Waals surface area contributed by atoms with E-state index in [1.165, 1.54) is 18.9 Å². The zero-order valence-corrected chi connectivity index (χ0v) is 12.8. The van der Waals surface area contributed by atoms with Gasteiger partial charge in [0.15, 0.2) is 5.57 Å². The van der Waals surface area contributed by atoms with E-state index in [2.05, 4.69) is 10.3 Å². The van der Waals surface area contributed by atoms with Gasteiger partial charge in [-0.2, -0.15) is 5.26 Å². The van der Waals surface area contributed by atoms with E-state index in [-0.39, 0.29) is 12.2 Å². The van der Waals surface area contributed by atoms with Gasteiger partial charge in [-0.3, -0.25) is 4.98 Å². The first kappa shape index (κ1) is 17.0. The van der Waals surface area contributed by atoms with Crippen LogP contribution in [0.2, 0.25) is 0 Å². The minimum Gasteiger partial charge on any atom is -0.459 e. The van der Waals surface area contributed by atoms with Gasteiger partial charge in [0.1, 0.15) is 12.7 Å². The molecule has 7 heteroatoms. The molecule has 0 saturated heterocycles. The van der Waals surface area contributed by atoms with Crippen LogP contribution in [-0.2, 0) is 20.8 Å². The smallest absolute Gasteiger partial charge is 0.351 e. The van der Waals surface area contributed by atoms with Gasteiger partial charge in [-0.15, -0.1) is 11.8 Å². The summed E-state index contributed by atoms with van der Waals surface area (Å²) in [5, 5.41) is 12.7. The summed E-state index contributed by atoms with van der Waals surface area (Å²) in [5.41, 5.74) is 0.914. The number of aromatic nitrogens is 1. The number of hydrogen-bond acceptors (Lipinski definition) is 7. The van der Waals surface area contributed by atoms with Crippen molar-refractivity contribution >= 4 is 17.7 Å². The van der Waals surface area contributed by atoms with Crippen molar-refractivity contribution in [2.45, 2.75) is 6.54 Å². The molecule has 0 spiro atoms. The average Bonchev–Trinajstić information content (AvgIpc) is 2.52. The normalized spacial score (nSPS) is 11.3. The fourth-order valence-electron chi connectivity index (χ4n) is 1.43. The molecular weight excluding hydrogens is 290 g/mol. The SMILES string of the molecule is COCCOC(=O)/C(C#N)=C(\NCc1cccnc1)SC. The molecule has 112 valence electrons.